The number of rotatable bonds is 3. The van der Waals surface area contributed by atoms with E-state index < -0.39 is 0 Å². The molecule has 1 unspecified atom stereocenters. The van der Waals surface area contributed by atoms with Crippen molar-refractivity contribution in [2.75, 3.05) is 19.5 Å². The fourth-order valence-electron chi connectivity index (χ4n) is 2.62. The number of nitrogens with zero attached hydrogens (tertiary/aromatic N) is 2. The van der Waals surface area contributed by atoms with E-state index in [4.69, 9.17) is 9.72 Å². The molecule has 0 amide bonds. The van der Waals surface area contributed by atoms with Gasteiger partial charge in [0.05, 0.1) is 0 Å². The Morgan fingerprint density at radius 3 is 2.50 bits per heavy atom. The van der Waals surface area contributed by atoms with Crippen LogP contribution in [-0.2, 0) is 17.6 Å². The van der Waals surface area contributed by atoms with Gasteiger partial charge in [-0.1, -0.05) is 20.8 Å². The number of ether oxygens (including phenoxy) is 1. The molecule has 0 aliphatic heterocycles. The molecule has 1 heterocycles. The number of fused-ring (bicyclic) bond motifs is 1. The van der Waals surface area contributed by atoms with E-state index in [2.05, 4.69) is 31.1 Å². The van der Waals surface area contributed by atoms with Crippen molar-refractivity contribution in [3.8, 4) is 0 Å². The van der Waals surface area contributed by atoms with Crippen LogP contribution in [0.4, 0.5) is 5.82 Å². The summed E-state index contributed by atoms with van der Waals surface area (Å²) >= 11 is 0. The summed E-state index contributed by atoms with van der Waals surface area (Å²) in [4.78, 5) is 9.38. The molecule has 100 valence electrons. The first kappa shape index (κ1) is 13.3. The summed E-state index contributed by atoms with van der Waals surface area (Å²) in [7, 11) is 3.65. The predicted molar refractivity (Wildman–Crippen MR) is 72.8 cm³/mol. The van der Waals surface area contributed by atoms with Crippen LogP contribution in [0, 0.1) is 5.41 Å². The highest BCUT2D eigenvalue weighted by molar-refractivity contribution is 5.48. The van der Waals surface area contributed by atoms with Gasteiger partial charge in [-0.3, -0.25) is 0 Å². The molecule has 4 nitrogen and oxygen atoms in total. The fraction of sp³-hybridized carbons (Fsp3) is 0.714. The molecule has 1 aromatic rings. The van der Waals surface area contributed by atoms with Gasteiger partial charge in [-0.25, -0.2) is 9.97 Å². The maximum Gasteiger partial charge on any atom is 0.160 e. The Labute approximate surface area is 109 Å². The summed E-state index contributed by atoms with van der Waals surface area (Å²) in [6.07, 6.45) is 3.24. The topological polar surface area (TPSA) is 47.0 Å². The minimum Gasteiger partial charge on any atom is -0.373 e. The zero-order chi connectivity index (χ0) is 13.3. The molecule has 0 radical (unpaired) electrons. The maximum atomic E-state index is 5.61. The lowest BCUT2D eigenvalue weighted by Gasteiger charge is -2.28. The predicted octanol–water partition coefficient (Wildman–Crippen LogP) is 2.74. The molecular weight excluding hydrogens is 226 g/mol. The van der Waals surface area contributed by atoms with Crippen molar-refractivity contribution in [2.24, 2.45) is 5.41 Å². The van der Waals surface area contributed by atoms with Crippen LogP contribution >= 0.6 is 0 Å². The molecule has 4 heteroatoms. The van der Waals surface area contributed by atoms with E-state index in [0.717, 1.165) is 24.5 Å². The van der Waals surface area contributed by atoms with Gasteiger partial charge in [0, 0.05) is 25.4 Å². The van der Waals surface area contributed by atoms with Crippen molar-refractivity contribution in [3.63, 3.8) is 0 Å². The third-order valence-corrected chi connectivity index (χ3v) is 3.44. The Morgan fingerprint density at radius 2 is 1.94 bits per heavy atom. The first-order chi connectivity index (χ1) is 8.47. The third-order valence-electron chi connectivity index (χ3n) is 3.44. The molecule has 0 aromatic carbocycles. The second-order valence-corrected chi connectivity index (χ2v) is 5.94. The Morgan fingerprint density at radius 1 is 1.22 bits per heavy atom. The van der Waals surface area contributed by atoms with Crippen molar-refractivity contribution in [3.05, 3.63) is 17.1 Å². The van der Waals surface area contributed by atoms with Gasteiger partial charge >= 0.3 is 0 Å². The average Bonchev–Trinajstić information content (AvgIpc) is 2.74. The van der Waals surface area contributed by atoms with Gasteiger partial charge in [0.1, 0.15) is 11.9 Å². The fourth-order valence-corrected chi connectivity index (χ4v) is 2.62. The van der Waals surface area contributed by atoms with Gasteiger partial charge in [-0.15, -0.1) is 0 Å². The standard InChI is InChI=1S/C14H23N3O/c1-14(2,3)11(18-5)13-16-10-8-6-7-9(10)12(15-4)17-13/h11H,6-8H2,1-5H3,(H,15,16,17). The van der Waals surface area contributed by atoms with E-state index in [9.17, 15) is 0 Å². The van der Waals surface area contributed by atoms with E-state index in [1.807, 2.05) is 7.05 Å². The van der Waals surface area contributed by atoms with Gasteiger partial charge < -0.3 is 10.1 Å². The van der Waals surface area contributed by atoms with Crippen LogP contribution in [0.2, 0.25) is 0 Å². The Balaban J connectivity index is 2.46. The number of aryl methyl sites for hydroxylation is 1. The van der Waals surface area contributed by atoms with Crippen molar-refractivity contribution in [2.45, 2.75) is 46.1 Å². The molecule has 0 saturated heterocycles. The zero-order valence-corrected chi connectivity index (χ0v) is 12.0. The van der Waals surface area contributed by atoms with Crippen LogP contribution in [0.5, 0.6) is 0 Å². The Hall–Kier alpha value is -1.16. The van der Waals surface area contributed by atoms with Gasteiger partial charge in [-0.2, -0.15) is 0 Å². The van der Waals surface area contributed by atoms with Crippen molar-refractivity contribution < 1.29 is 4.74 Å². The molecule has 1 atom stereocenters. The second kappa shape index (κ2) is 4.84. The SMILES string of the molecule is CNc1nc(C(OC)C(C)(C)C)nc2c1CCC2. The van der Waals surface area contributed by atoms with Gasteiger partial charge in [0.15, 0.2) is 5.82 Å². The highest BCUT2D eigenvalue weighted by Gasteiger charge is 2.30. The smallest absolute Gasteiger partial charge is 0.160 e. The minimum absolute atomic E-state index is 0.00734. The molecule has 1 N–H and O–H groups in total. The number of aromatic nitrogens is 2. The van der Waals surface area contributed by atoms with E-state index >= 15 is 0 Å². The maximum absolute atomic E-state index is 5.61. The minimum atomic E-state index is -0.0736. The molecule has 1 aliphatic rings. The number of hydrogen-bond acceptors (Lipinski definition) is 4. The van der Waals surface area contributed by atoms with Crippen LogP contribution in [0.25, 0.3) is 0 Å². The van der Waals surface area contributed by atoms with Gasteiger partial charge in [-0.05, 0) is 24.7 Å². The van der Waals surface area contributed by atoms with E-state index in [0.29, 0.717) is 0 Å². The molecule has 0 spiro atoms. The number of anilines is 1. The highest BCUT2D eigenvalue weighted by Crippen LogP contribution is 2.36. The van der Waals surface area contributed by atoms with Crippen molar-refractivity contribution >= 4 is 5.82 Å². The van der Waals surface area contributed by atoms with Crippen LogP contribution in [0.3, 0.4) is 0 Å². The van der Waals surface area contributed by atoms with Crippen LogP contribution in [-0.4, -0.2) is 24.1 Å². The zero-order valence-electron chi connectivity index (χ0n) is 12.0. The lowest BCUT2D eigenvalue weighted by atomic mass is 9.88. The Kier molecular flexibility index (Phi) is 3.57. The van der Waals surface area contributed by atoms with E-state index in [1.165, 1.54) is 17.7 Å². The molecule has 1 aliphatic carbocycles. The lowest BCUT2D eigenvalue weighted by molar-refractivity contribution is 0.00862. The number of methoxy groups -OCH3 is 1. The normalized spacial score (nSPS) is 16.5. The Bertz CT molecular complexity index is 437. The van der Waals surface area contributed by atoms with Gasteiger partial charge in [0.2, 0.25) is 0 Å². The quantitative estimate of drug-likeness (QED) is 0.894. The van der Waals surface area contributed by atoms with Crippen LogP contribution in [0.1, 0.15) is 50.4 Å². The largest absolute Gasteiger partial charge is 0.373 e. The number of nitrogens with one attached hydrogen (secondary N) is 1. The molecular formula is C14H23N3O. The summed E-state index contributed by atoms with van der Waals surface area (Å²) in [5.74, 6) is 1.77. The summed E-state index contributed by atoms with van der Waals surface area (Å²) in [6, 6.07) is 0. The van der Waals surface area contributed by atoms with Crippen molar-refractivity contribution in [1.29, 1.82) is 0 Å². The molecule has 0 fully saturated rings. The summed E-state index contributed by atoms with van der Waals surface area (Å²) < 4.78 is 5.61. The summed E-state index contributed by atoms with van der Waals surface area (Å²) in [5.41, 5.74) is 2.47. The molecule has 0 bridgehead atoms. The third kappa shape index (κ3) is 2.34. The summed E-state index contributed by atoms with van der Waals surface area (Å²) in [6.45, 7) is 6.45. The van der Waals surface area contributed by atoms with Crippen molar-refractivity contribution in [1.82, 2.24) is 9.97 Å². The first-order valence-electron chi connectivity index (χ1n) is 6.57. The lowest BCUT2D eigenvalue weighted by Crippen LogP contribution is -2.23. The second-order valence-electron chi connectivity index (χ2n) is 5.94. The van der Waals surface area contributed by atoms with E-state index in [-0.39, 0.29) is 11.5 Å². The summed E-state index contributed by atoms with van der Waals surface area (Å²) in [5, 5.41) is 3.19. The van der Waals surface area contributed by atoms with Crippen LogP contribution in [0.15, 0.2) is 0 Å². The van der Waals surface area contributed by atoms with Crippen LogP contribution < -0.4 is 5.32 Å². The number of hydrogen-bond donors (Lipinski definition) is 1. The molecule has 18 heavy (non-hydrogen) atoms. The monoisotopic (exact) mass is 249 g/mol. The van der Waals surface area contributed by atoms with E-state index in [1.54, 1.807) is 7.11 Å². The highest BCUT2D eigenvalue weighted by atomic mass is 16.5. The van der Waals surface area contributed by atoms with Gasteiger partial charge in [0.25, 0.3) is 0 Å². The molecule has 2 rings (SSSR count). The molecule has 0 saturated carbocycles. The first-order valence-corrected chi connectivity index (χ1v) is 6.57. The average molecular weight is 249 g/mol. The molecule has 1 aromatic heterocycles.